The van der Waals surface area contributed by atoms with Crippen LogP contribution in [0.4, 0.5) is 0 Å². The molecule has 0 aliphatic heterocycles. The fourth-order valence-electron chi connectivity index (χ4n) is 2.38. The van der Waals surface area contributed by atoms with Crippen molar-refractivity contribution >= 4 is 16.8 Å². The van der Waals surface area contributed by atoms with Crippen LogP contribution in [-0.2, 0) is 11.2 Å². The Balaban J connectivity index is 2.63. The van der Waals surface area contributed by atoms with Crippen molar-refractivity contribution in [3.8, 4) is 5.75 Å². The third-order valence-corrected chi connectivity index (χ3v) is 3.88. The Hall–Kier alpha value is -2.10. The molecule has 1 aromatic carbocycles. The van der Waals surface area contributed by atoms with Crippen molar-refractivity contribution in [3.05, 3.63) is 39.2 Å². The zero-order chi connectivity index (χ0) is 15.7. The number of hydrogen-bond acceptors (Lipinski definition) is 4. The predicted octanol–water partition coefficient (Wildman–Crippen LogP) is 3.33. The maximum atomic E-state index is 12.0. The molecule has 1 unspecified atom stereocenters. The largest absolute Gasteiger partial charge is 0.483 e. The molecule has 112 valence electrons. The van der Waals surface area contributed by atoms with E-state index in [0.29, 0.717) is 23.3 Å². The third-order valence-electron chi connectivity index (χ3n) is 3.88. The van der Waals surface area contributed by atoms with E-state index < -0.39 is 6.10 Å². The normalized spacial score (nSPS) is 12.4. The van der Waals surface area contributed by atoms with Gasteiger partial charge in [-0.1, -0.05) is 6.92 Å². The third kappa shape index (κ3) is 2.71. The number of aryl methyl sites for hydroxylation is 2. The molecule has 4 heteroatoms. The molecule has 1 aromatic heterocycles. The molecule has 0 saturated carbocycles. The van der Waals surface area contributed by atoms with Crippen molar-refractivity contribution in [3.63, 3.8) is 0 Å². The van der Waals surface area contributed by atoms with Crippen LogP contribution in [0, 0.1) is 13.8 Å². The molecule has 0 spiro atoms. The van der Waals surface area contributed by atoms with Crippen molar-refractivity contribution in [2.75, 3.05) is 0 Å². The zero-order valence-electron chi connectivity index (χ0n) is 13.1. The number of Topliss-reactive ketones (excluding diaryl/α,β-unsaturated/α-hetero) is 1. The lowest BCUT2D eigenvalue weighted by atomic mass is 10.0. The molecule has 21 heavy (non-hydrogen) atoms. The summed E-state index contributed by atoms with van der Waals surface area (Å²) in [5.41, 5.74) is 2.61. The van der Waals surface area contributed by atoms with Crippen molar-refractivity contribution in [1.82, 2.24) is 0 Å². The van der Waals surface area contributed by atoms with E-state index in [4.69, 9.17) is 9.15 Å². The van der Waals surface area contributed by atoms with E-state index in [1.54, 1.807) is 6.92 Å². The molecule has 0 aliphatic rings. The number of hydrogen-bond donors (Lipinski definition) is 0. The van der Waals surface area contributed by atoms with Gasteiger partial charge in [0.2, 0.25) is 0 Å². The summed E-state index contributed by atoms with van der Waals surface area (Å²) < 4.78 is 11.1. The van der Waals surface area contributed by atoms with E-state index in [-0.39, 0.29) is 11.4 Å². The maximum absolute atomic E-state index is 12.0. The Morgan fingerprint density at radius 1 is 1.29 bits per heavy atom. The van der Waals surface area contributed by atoms with Gasteiger partial charge in [-0.05, 0) is 51.8 Å². The smallest absolute Gasteiger partial charge is 0.339 e. The van der Waals surface area contributed by atoms with E-state index in [1.165, 1.54) is 6.92 Å². The molecule has 1 atom stereocenters. The van der Waals surface area contributed by atoms with E-state index in [2.05, 4.69) is 0 Å². The Morgan fingerprint density at radius 2 is 1.95 bits per heavy atom. The van der Waals surface area contributed by atoms with E-state index in [9.17, 15) is 9.59 Å². The molecule has 4 nitrogen and oxygen atoms in total. The Morgan fingerprint density at radius 3 is 2.52 bits per heavy atom. The van der Waals surface area contributed by atoms with Gasteiger partial charge in [0, 0.05) is 16.5 Å². The first-order valence-corrected chi connectivity index (χ1v) is 7.09. The first-order chi connectivity index (χ1) is 9.86. The Labute approximate surface area is 123 Å². The van der Waals surface area contributed by atoms with Crippen molar-refractivity contribution < 1.29 is 13.9 Å². The lowest BCUT2D eigenvalue weighted by Gasteiger charge is -2.15. The minimum Gasteiger partial charge on any atom is -0.483 e. The van der Waals surface area contributed by atoms with Gasteiger partial charge in [-0.25, -0.2) is 4.79 Å². The predicted molar refractivity (Wildman–Crippen MR) is 82.1 cm³/mol. The second-order valence-corrected chi connectivity index (χ2v) is 5.28. The standard InChI is InChI=1S/C17H20O4/c1-6-13-9(2)14-7-8-15(20-12(5)11(4)18)10(3)16(14)21-17(13)19/h7-8,12H,6H2,1-5H3. The second kappa shape index (κ2) is 5.72. The highest BCUT2D eigenvalue weighted by Gasteiger charge is 2.16. The number of rotatable bonds is 4. The highest BCUT2D eigenvalue weighted by atomic mass is 16.5. The van der Waals surface area contributed by atoms with Crippen LogP contribution in [0.15, 0.2) is 21.3 Å². The van der Waals surface area contributed by atoms with Crippen LogP contribution < -0.4 is 10.4 Å². The fourth-order valence-corrected chi connectivity index (χ4v) is 2.38. The number of ketones is 1. The molecular formula is C17H20O4. The SMILES string of the molecule is CCc1c(C)c2ccc(OC(C)C(C)=O)c(C)c2oc1=O. The molecule has 0 aliphatic carbocycles. The summed E-state index contributed by atoms with van der Waals surface area (Å²) in [5, 5.41) is 0.909. The summed E-state index contributed by atoms with van der Waals surface area (Å²) in [4.78, 5) is 23.3. The zero-order valence-corrected chi connectivity index (χ0v) is 13.1. The van der Waals surface area contributed by atoms with Gasteiger partial charge < -0.3 is 9.15 Å². The van der Waals surface area contributed by atoms with Crippen LogP contribution in [0.3, 0.4) is 0 Å². The Kier molecular flexibility index (Phi) is 4.16. The molecule has 0 fully saturated rings. The first-order valence-electron chi connectivity index (χ1n) is 7.09. The highest BCUT2D eigenvalue weighted by Crippen LogP contribution is 2.30. The lowest BCUT2D eigenvalue weighted by Crippen LogP contribution is -2.21. The summed E-state index contributed by atoms with van der Waals surface area (Å²) in [7, 11) is 0. The topological polar surface area (TPSA) is 56.5 Å². The van der Waals surface area contributed by atoms with Crippen molar-refractivity contribution in [2.24, 2.45) is 0 Å². The average molecular weight is 288 g/mol. The van der Waals surface area contributed by atoms with Gasteiger partial charge in [0.15, 0.2) is 11.9 Å². The molecular weight excluding hydrogens is 268 g/mol. The molecule has 0 saturated heterocycles. The summed E-state index contributed by atoms with van der Waals surface area (Å²) in [6.07, 6.45) is 0.117. The van der Waals surface area contributed by atoms with Gasteiger partial charge in [0.05, 0.1) is 0 Å². The summed E-state index contributed by atoms with van der Waals surface area (Å²) in [6.45, 7) is 8.88. The minimum atomic E-state index is -0.524. The summed E-state index contributed by atoms with van der Waals surface area (Å²) in [5.74, 6) is 0.519. The van der Waals surface area contributed by atoms with E-state index >= 15 is 0 Å². The van der Waals surface area contributed by atoms with Crippen LogP contribution in [-0.4, -0.2) is 11.9 Å². The van der Waals surface area contributed by atoms with Gasteiger partial charge >= 0.3 is 5.63 Å². The average Bonchev–Trinajstić information content (AvgIpc) is 2.42. The first kappa shape index (κ1) is 15.3. The van der Waals surface area contributed by atoms with Crippen molar-refractivity contribution in [2.45, 2.75) is 47.1 Å². The van der Waals surface area contributed by atoms with Gasteiger partial charge in [0.1, 0.15) is 11.3 Å². The van der Waals surface area contributed by atoms with Crippen LogP contribution >= 0.6 is 0 Å². The monoisotopic (exact) mass is 288 g/mol. The number of carbonyl (C=O) groups is 1. The lowest BCUT2D eigenvalue weighted by molar-refractivity contribution is -0.122. The van der Waals surface area contributed by atoms with Gasteiger partial charge in [-0.2, -0.15) is 0 Å². The number of fused-ring (bicyclic) bond motifs is 1. The molecule has 0 radical (unpaired) electrons. The van der Waals surface area contributed by atoms with Crippen LogP contribution in [0.2, 0.25) is 0 Å². The minimum absolute atomic E-state index is 0.0477. The second-order valence-electron chi connectivity index (χ2n) is 5.28. The number of benzene rings is 1. The fraction of sp³-hybridized carbons (Fsp3) is 0.412. The van der Waals surface area contributed by atoms with Crippen molar-refractivity contribution in [1.29, 1.82) is 0 Å². The molecule has 0 N–H and O–H groups in total. The van der Waals surface area contributed by atoms with Crippen LogP contribution in [0.25, 0.3) is 11.0 Å². The summed E-state index contributed by atoms with van der Waals surface area (Å²) in [6, 6.07) is 3.70. The summed E-state index contributed by atoms with van der Waals surface area (Å²) >= 11 is 0. The number of carbonyl (C=O) groups excluding carboxylic acids is 1. The highest BCUT2D eigenvalue weighted by molar-refractivity contribution is 5.86. The molecule has 0 bridgehead atoms. The van der Waals surface area contributed by atoms with Gasteiger partial charge in [-0.3, -0.25) is 4.79 Å². The van der Waals surface area contributed by atoms with E-state index in [0.717, 1.165) is 16.5 Å². The van der Waals surface area contributed by atoms with E-state index in [1.807, 2.05) is 32.9 Å². The number of ether oxygens (including phenoxy) is 1. The Bertz CT molecular complexity index is 755. The quantitative estimate of drug-likeness (QED) is 0.810. The van der Waals surface area contributed by atoms with Crippen LogP contribution in [0.1, 0.15) is 37.5 Å². The molecule has 0 amide bonds. The van der Waals surface area contributed by atoms with Gasteiger partial charge in [0.25, 0.3) is 0 Å². The maximum Gasteiger partial charge on any atom is 0.339 e. The molecule has 1 heterocycles. The van der Waals surface area contributed by atoms with Crippen LogP contribution in [0.5, 0.6) is 5.75 Å². The molecule has 2 rings (SSSR count). The van der Waals surface area contributed by atoms with Gasteiger partial charge in [-0.15, -0.1) is 0 Å². The molecule has 2 aromatic rings.